The summed E-state index contributed by atoms with van der Waals surface area (Å²) in [6.45, 7) is 9.27. The third-order valence-corrected chi connectivity index (χ3v) is 7.74. The molecule has 3 aromatic heterocycles. The number of carbonyl (C=O) groups is 1. The molecule has 0 saturated carbocycles. The molecule has 1 saturated heterocycles. The summed E-state index contributed by atoms with van der Waals surface area (Å²) in [5.41, 5.74) is 6.02. The predicted octanol–water partition coefficient (Wildman–Crippen LogP) is 4.83. The number of nitrogens with zero attached hydrogens (tertiary/aromatic N) is 7. The number of hydrogen-bond donors (Lipinski definition) is 1. The summed E-state index contributed by atoms with van der Waals surface area (Å²) in [5.74, 6) is 1.19. The zero-order valence-electron chi connectivity index (χ0n) is 24.3. The molecule has 1 N–H and O–H groups in total. The van der Waals surface area contributed by atoms with Gasteiger partial charge in [-0.05, 0) is 74.0 Å². The van der Waals surface area contributed by atoms with E-state index in [1.807, 2.05) is 44.3 Å². The van der Waals surface area contributed by atoms with Crippen molar-refractivity contribution >= 4 is 22.6 Å². The number of pyridine rings is 1. The Morgan fingerprint density at radius 3 is 2.48 bits per heavy atom. The van der Waals surface area contributed by atoms with Crippen molar-refractivity contribution in [2.24, 2.45) is 7.05 Å². The van der Waals surface area contributed by atoms with Crippen LogP contribution in [0.5, 0.6) is 11.6 Å². The summed E-state index contributed by atoms with van der Waals surface area (Å²) in [7, 11) is 3.99. The molecule has 0 aliphatic carbocycles. The van der Waals surface area contributed by atoms with Crippen LogP contribution in [-0.2, 0) is 13.6 Å². The highest BCUT2D eigenvalue weighted by molar-refractivity contribution is 6.04. The van der Waals surface area contributed by atoms with Crippen molar-refractivity contribution in [2.45, 2.75) is 20.4 Å². The van der Waals surface area contributed by atoms with E-state index in [1.165, 1.54) is 5.56 Å². The lowest BCUT2D eigenvalue weighted by atomic mass is 10.1. The van der Waals surface area contributed by atoms with Crippen LogP contribution >= 0.6 is 0 Å². The lowest BCUT2D eigenvalue weighted by molar-refractivity contribution is 0.102. The molecule has 1 aliphatic heterocycles. The number of anilines is 1. The SMILES string of the molecule is Cc1cc(NC(=O)c2ccc(C)c(Oc3nc(-c4ccncc4)nc4c3cnn4C)c2)ccc1CN1CCN(C)CC1. The third kappa shape index (κ3) is 5.86. The molecule has 1 fully saturated rings. The maximum Gasteiger partial charge on any atom is 0.255 e. The Balaban J connectivity index is 1.21. The molecule has 1 amide bonds. The fraction of sp³-hybridized carbons (Fsp3) is 0.281. The van der Waals surface area contributed by atoms with Crippen molar-refractivity contribution in [2.75, 3.05) is 38.5 Å². The van der Waals surface area contributed by atoms with E-state index in [0.717, 1.165) is 55.1 Å². The fourth-order valence-electron chi connectivity index (χ4n) is 5.06. The number of carbonyl (C=O) groups excluding carboxylic acids is 1. The number of hydrogen-bond acceptors (Lipinski definition) is 8. The van der Waals surface area contributed by atoms with Gasteiger partial charge >= 0.3 is 0 Å². The van der Waals surface area contributed by atoms with E-state index in [-0.39, 0.29) is 5.91 Å². The van der Waals surface area contributed by atoms with Crippen LogP contribution in [0.15, 0.2) is 67.1 Å². The van der Waals surface area contributed by atoms with Gasteiger partial charge in [0, 0.05) is 69.0 Å². The molecule has 10 nitrogen and oxygen atoms in total. The van der Waals surface area contributed by atoms with Gasteiger partial charge in [0.15, 0.2) is 11.5 Å². The first-order valence-corrected chi connectivity index (χ1v) is 14.0. The summed E-state index contributed by atoms with van der Waals surface area (Å²) in [4.78, 5) is 31.6. The third-order valence-electron chi connectivity index (χ3n) is 7.74. The van der Waals surface area contributed by atoms with Gasteiger partial charge in [0.2, 0.25) is 5.88 Å². The van der Waals surface area contributed by atoms with Crippen molar-refractivity contribution in [1.82, 2.24) is 34.5 Å². The van der Waals surface area contributed by atoms with Gasteiger partial charge in [0.25, 0.3) is 5.91 Å². The minimum atomic E-state index is -0.210. The van der Waals surface area contributed by atoms with Crippen molar-refractivity contribution in [3.05, 3.63) is 89.4 Å². The molecule has 0 atom stereocenters. The zero-order valence-corrected chi connectivity index (χ0v) is 24.3. The predicted molar refractivity (Wildman–Crippen MR) is 163 cm³/mol. The molecule has 6 rings (SSSR count). The number of piperazine rings is 1. The summed E-state index contributed by atoms with van der Waals surface area (Å²) in [6, 6.07) is 15.2. The molecular formula is C32H34N8O2. The molecule has 0 radical (unpaired) electrons. The van der Waals surface area contributed by atoms with Gasteiger partial charge in [0.05, 0.1) is 6.20 Å². The Morgan fingerprint density at radius 2 is 1.71 bits per heavy atom. The summed E-state index contributed by atoms with van der Waals surface area (Å²) in [6.07, 6.45) is 5.08. The van der Waals surface area contributed by atoms with Gasteiger partial charge in [-0.2, -0.15) is 10.1 Å². The number of rotatable bonds is 7. The van der Waals surface area contributed by atoms with E-state index in [4.69, 9.17) is 9.72 Å². The van der Waals surface area contributed by atoms with E-state index < -0.39 is 0 Å². The Hall–Kier alpha value is -4.67. The van der Waals surface area contributed by atoms with Gasteiger partial charge in [-0.3, -0.25) is 19.4 Å². The van der Waals surface area contributed by atoms with Crippen LogP contribution in [0.4, 0.5) is 5.69 Å². The minimum Gasteiger partial charge on any atom is -0.438 e. The number of likely N-dealkylation sites (N-methyl/N-ethyl adjacent to an activating group) is 1. The van der Waals surface area contributed by atoms with Crippen LogP contribution < -0.4 is 10.1 Å². The normalized spacial score (nSPS) is 14.3. The number of ether oxygens (including phenoxy) is 1. The van der Waals surface area contributed by atoms with Gasteiger partial charge in [-0.15, -0.1) is 0 Å². The maximum atomic E-state index is 13.3. The number of nitrogens with one attached hydrogen (secondary N) is 1. The number of aryl methyl sites for hydroxylation is 3. The van der Waals surface area contributed by atoms with Crippen molar-refractivity contribution < 1.29 is 9.53 Å². The quantitative estimate of drug-likeness (QED) is 0.301. The fourth-order valence-corrected chi connectivity index (χ4v) is 5.06. The van der Waals surface area contributed by atoms with Crippen LogP contribution in [0.3, 0.4) is 0 Å². The molecule has 214 valence electrons. The molecule has 1 aliphatic rings. The lowest BCUT2D eigenvalue weighted by Crippen LogP contribution is -2.43. The molecule has 0 bridgehead atoms. The Morgan fingerprint density at radius 1 is 0.929 bits per heavy atom. The van der Waals surface area contributed by atoms with Crippen molar-refractivity contribution in [1.29, 1.82) is 0 Å². The first kappa shape index (κ1) is 27.5. The average molecular weight is 563 g/mol. The van der Waals surface area contributed by atoms with E-state index in [0.29, 0.717) is 34.1 Å². The molecular weight excluding hydrogens is 528 g/mol. The van der Waals surface area contributed by atoms with Crippen molar-refractivity contribution in [3.63, 3.8) is 0 Å². The zero-order chi connectivity index (χ0) is 29.2. The van der Waals surface area contributed by atoms with E-state index in [1.54, 1.807) is 35.4 Å². The molecule has 0 unspecified atom stereocenters. The largest absolute Gasteiger partial charge is 0.438 e. The van der Waals surface area contributed by atoms with Gasteiger partial charge in [0.1, 0.15) is 11.1 Å². The molecule has 2 aromatic carbocycles. The van der Waals surface area contributed by atoms with E-state index in [9.17, 15) is 4.79 Å². The molecule has 0 spiro atoms. The number of fused-ring (bicyclic) bond motifs is 1. The standard InChI is InChI=1S/C32H34N8O2/c1-21-5-6-24(31(41)35-26-8-7-25(22(2)17-26)20-40-15-13-38(3)14-16-40)18-28(21)42-32-27-19-34-39(4)30(27)36-29(37-32)23-9-11-33-12-10-23/h5-12,17-19H,13-16,20H2,1-4H3,(H,35,41). The highest BCUT2D eigenvalue weighted by Gasteiger charge is 2.18. The molecule has 4 heterocycles. The summed E-state index contributed by atoms with van der Waals surface area (Å²) in [5, 5.41) is 8.08. The number of amides is 1. The summed E-state index contributed by atoms with van der Waals surface area (Å²) >= 11 is 0. The van der Waals surface area contributed by atoms with Crippen LogP contribution in [0.1, 0.15) is 27.0 Å². The molecule has 10 heteroatoms. The average Bonchev–Trinajstić information content (AvgIpc) is 3.37. The lowest BCUT2D eigenvalue weighted by Gasteiger charge is -2.32. The first-order chi connectivity index (χ1) is 20.3. The number of aromatic nitrogens is 5. The van der Waals surface area contributed by atoms with Gasteiger partial charge in [-0.1, -0.05) is 12.1 Å². The Kier molecular flexibility index (Phi) is 7.64. The van der Waals surface area contributed by atoms with Crippen molar-refractivity contribution in [3.8, 4) is 23.0 Å². The van der Waals surface area contributed by atoms with E-state index >= 15 is 0 Å². The minimum absolute atomic E-state index is 0.210. The second kappa shape index (κ2) is 11.7. The Bertz CT molecular complexity index is 1740. The first-order valence-electron chi connectivity index (χ1n) is 14.0. The second-order valence-corrected chi connectivity index (χ2v) is 10.9. The van der Waals surface area contributed by atoms with Crippen LogP contribution in [0, 0.1) is 13.8 Å². The highest BCUT2D eigenvalue weighted by atomic mass is 16.5. The van der Waals surface area contributed by atoms with Gasteiger partial charge in [-0.25, -0.2) is 4.98 Å². The highest BCUT2D eigenvalue weighted by Crippen LogP contribution is 2.32. The monoisotopic (exact) mass is 562 g/mol. The topological polar surface area (TPSA) is 101 Å². The second-order valence-electron chi connectivity index (χ2n) is 10.9. The molecule has 42 heavy (non-hydrogen) atoms. The summed E-state index contributed by atoms with van der Waals surface area (Å²) < 4.78 is 8.03. The van der Waals surface area contributed by atoms with Crippen LogP contribution in [0.2, 0.25) is 0 Å². The van der Waals surface area contributed by atoms with Crippen LogP contribution in [-0.4, -0.2) is 73.7 Å². The van der Waals surface area contributed by atoms with Crippen LogP contribution in [0.25, 0.3) is 22.4 Å². The van der Waals surface area contributed by atoms with Gasteiger partial charge < -0.3 is 15.0 Å². The molecule has 5 aromatic rings. The Labute approximate surface area is 245 Å². The number of benzene rings is 2. The van der Waals surface area contributed by atoms with E-state index in [2.05, 4.69) is 50.2 Å². The smallest absolute Gasteiger partial charge is 0.255 e. The maximum absolute atomic E-state index is 13.3.